The highest BCUT2D eigenvalue weighted by atomic mass is 79.9. The highest BCUT2D eigenvalue weighted by Crippen LogP contribution is 2.26. The van der Waals surface area contributed by atoms with Crippen LogP contribution >= 0.6 is 27.3 Å². The van der Waals surface area contributed by atoms with Crippen molar-refractivity contribution in [2.45, 2.75) is 19.4 Å². The fraction of sp³-hybridized carbons (Fsp3) is 0.286. The van der Waals surface area contributed by atoms with Crippen molar-refractivity contribution in [3.8, 4) is 10.6 Å². The van der Waals surface area contributed by atoms with E-state index in [4.69, 9.17) is 5.11 Å². The normalized spacial score (nSPS) is 12.2. The van der Waals surface area contributed by atoms with Gasteiger partial charge in [-0.15, -0.1) is 11.3 Å². The minimum atomic E-state index is -0.231. The van der Waals surface area contributed by atoms with Crippen LogP contribution < -0.4 is 5.32 Å². The lowest BCUT2D eigenvalue weighted by atomic mass is 10.2. The summed E-state index contributed by atoms with van der Waals surface area (Å²) >= 11 is 4.95. The first kappa shape index (κ1) is 15.2. The molecule has 1 aromatic carbocycles. The summed E-state index contributed by atoms with van der Waals surface area (Å²) in [6, 6.07) is 7.67. The highest BCUT2D eigenvalue weighted by Gasteiger charge is 2.11. The number of nitrogens with zero attached hydrogens (tertiary/aromatic N) is 1. The second kappa shape index (κ2) is 6.97. The number of carbonyl (C=O) groups is 1. The van der Waals surface area contributed by atoms with E-state index in [9.17, 15) is 4.79 Å². The molecule has 2 aromatic rings. The van der Waals surface area contributed by atoms with Gasteiger partial charge in [0.25, 0.3) is 0 Å². The largest absolute Gasteiger partial charge is 0.394 e. The van der Waals surface area contributed by atoms with Gasteiger partial charge in [-0.25, -0.2) is 4.98 Å². The summed E-state index contributed by atoms with van der Waals surface area (Å²) in [7, 11) is 0. The summed E-state index contributed by atoms with van der Waals surface area (Å²) in [5, 5.41) is 14.4. The van der Waals surface area contributed by atoms with Crippen molar-refractivity contribution in [1.29, 1.82) is 0 Å². The summed E-state index contributed by atoms with van der Waals surface area (Å²) in [5.74, 6) is -0.127. The van der Waals surface area contributed by atoms with E-state index in [1.165, 1.54) is 11.3 Å². The Morgan fingerprint density at radius 1 is 1.55 bits per heavy atom. The van der Waals surface area contributed by atoms with Crippen LogP contribution in [0.2, 0.25) is 0 Å². The van der Waals surface area contributed by atoms with E-state index in [2.05, 4.69) is 26.2 Å². The van der Waals surface area contributed by atoms with Crippen molar-refractivity contribution in [1.82, 2.24) is 10.3 Å². The quantitative estimate of drug-likeness (QED) is 0.867. The van der Waals surface area contributed by atoms with E-state index in [0.29, 0.717) is 0 Å². The maximum Gasteiger partial charge on any atom is 0.226 e. The molecule has 0 bridgehead atoms. The molecule has 6 heteroatoms. The molecule has 2 rings (SSSR count). The predicted molar refractivity (Wildman–Crippen MR) is 83.6 cm³/mol. The van der Waals surface area contributed by atoms with Gasteiger partial charge >= 0.3 is 0 Å². The number of benzene rings is 1. The Morgan fingerprint density at radius 2 is 2.35 bits per heavy atom. The number of halogens is 1. The van der Waals surface area contributed by atoms with Crippen LogP contribution in [0.4, 0.5) is 0 Å². The number of amides is 1. The summed E-state index contributed by atoms with van der Waals surface area (Å²) in [6.07, 6.45) is 0.231. The molecule has 0 spiro atoms. The van der Waals surface area contributed by atoms with Crippen LogP contribution in [0, 0.1) is 0 Å². The van der Waals surface area contributed by atoms with Gasteiger partial charge in [0.1, 0.15) is 5.01 Å². The van der Waals surface area contributed by atoms with Gasteiger partial charge in [0, 0.05) is 21.5 Å². The maximum absolute atomic E-state index is 11.7. The van der Waals surface area contributed by atoms with Gasteiger partial charge in [-0.3, -0.25) is 4.79 Å². The van der Waals surface area contributed by atoms with E-state index < -0.39 is 0 Å². The average molecular weight is 355 g/mol. The second-order valence-corrected chi connectivity index (χ2v) is 6.26. The number of rotatable bonds is 5. The Kier molecular flexibility index (Phi) is 5.28. The van der Waals surface area contributed by atoms with E-state index >= 15 is 0 Å². The Bertz CT molecular complexity index is 600. The van der Waals surface area contributed by atoms with Crippen molar-refractivity contribution in [3.63, 3.8) is 0 Å². The first-order valence-electron chi connectivity index (χ1n) is 6.19. The Hall–Kier alpha value is -1.24. The number of thiazole rings is 1. The van der Waals surface area contributed by atoms with Crippen molar-refractivity contribution in [3.05, 3.63) is 39.8 Å². The summed E-state index contributed by atoms with van der Waals surface area (Å²) in [6.45, 7) is 1.69. The van der Waals surface area contributed by atoms with Crippen LogP contribution in [0.1, 0.15) is 12.6 Å². The third-order valence-corrected chi connectivity index (χ3v) is 4.08. The molecule has 0 radical (unpaired) electrons. The van der Waals surface area contributed by atoms with Gasteiger partial charge in [-0.2, -0.15) is 0 Å². The zero-order chi connectivity index (χ0) is 14.5. The smallest absolute Gasteiger partial charge is 0.226 e. The lowest BCUT2D eigenvalue weighted by Gasteiger charge is -2.09. The molecule has 106 valence electrons. The highest BCUT2D eigenvalue weighted by molar-refractivity contribution is 9.10. The third-order valence-electron chi connectivity index (χ3n) is 2.65. The topological polar surface area (TPSA) is 62.2 Å². The van der Waals surface area contributed by atoms with E-state index in [1.54, 1.807) is 6.92 Å². The lowest BCUT2D eigenvalue weighted by Crippen LogP contribution is -2.36. The maximum atomic E-state index is 11.7. The van der Waals surface area contributed by atoms with Crippen LogP contribution in [0.25, 0.3) is 10.6 Å². The number of hydrogen-bond donors (Lipinski definition) is 2. The van der Waals surface area contributed by atoms with Gasteiger partial charge in [-0.05, 0) is 19.1 Å². The number of aliphatic hydroxyl groups excluding tert-OH is 1. The van der Waals surface area contributed by atoms with Crippen LogP contribution in [-0.4, -0.2) is 28.6 Å². The number of aliphatic hydroxyl groups is 1. The molecule has 0 aliphatic heterocycles. The summed E-state index contributed by atoms with van der Waals surface area (Å²) < 4.78 is 1.00. The summed E-state index contributed by atoms with van der Waals surface area (Å²) in [5.41, 5.74) is 1.77. The number of hydrogen-bond acceptors (Lipinski definition) is 4. The zero-order valence-corrected chi connectivity index (χ0v) is 13.4. The molecule has 1 heterocycles. The second-order valence-electron chi connectivity index (χ2n) is 4.48. The predicted octanol–water partition coefficient (Wildman–Crippen LogP) is 2.61. The SMILES string of the molecule is CC(CO)NC(=O)Cc1csc(-c2cccc(Br)c2)n1. The number of carbonyl (C=O) groups excluding carboxylic acids is 1. The molecule has 1 aromatic heterocycles. The van der Waals surface area contributed by atoms with Gasteiger partial charge in [0.15, 0.2) is 0 Å². The average Bonchev–Trinajstić information content (AvgIpc) is 2.87. The third kappa shape index (κ3) is 4.13. The Labute approximate surface area is 130 Å². The first-order valence-corrected chi connectivity index (χ1v) is 7.86. The van der Waals surface area contributed by atoms with E-state index in [0.717, 1.165) is 20.7 Å². The van der Waals surface area contributed by atoms with Gasteiger partial charge in [0.2, 0.25) is 5.91 Å². The van der Waals surface area contributed by atoms with Crippen molar-refractivity contribution < 1.29 is 9.90 Å². The molecule has 0 aliphatic rings. The van der Waals surface area contributed by atoms with Crippen molar-refractivity contribution in [2.24, 2.45) is 0 Å². The molecule has 0 saturated heterocycles. The molecule has 0 fully saturated rings. The monoisotopic (exact) mass is 354 g/mol. The fourth-order valence-corrected chi connectivity index (χ4v) is 2.89. The van der Waals surface area contributed by atoms with E-state index in [1.807, 2.05) is 29.6 Å². The van der Waals surface area contributed by atoms with Crippen LogP contribution in [0.5, 0.6) is 0 Å². The molecule has 4 nitrogen and oxygen atoms in total. The minimum Gasteiger partial charge on any atom is -0.394 e. The van der Waals surface area contributed by atoms with E-state index in [-0.39, 0.29) is 25.0 Å². The fourth-order valence-electron chi connectivity index (χ4n) is 1.68. The molecule has 0 saturated carbocycles. The van der Waals surface area contributed by atoms with Gasteiger partial charge < -0.3 is 10.4 Å². The molecule has 1 amide bonds. The Balaban J connectivity index is 2.04. The first-order chi connectivity index (χ1) is 9.58. The number of nitrogens with one attached hydrogen (secondary N) is 1. The van der Waals surface area contributed by atoms with Gasteiger partial charge in [-0.1, -0.05) is 28.1 Å². The van der Waals surface area contributed by atoms with Gasteiger partial charge in [0.05, 0.1) is 18.7 Å². The lowest BCUT2D eigenvalue weighted by molar-refractivity contribution is -0.121. The van der Waals surface area contributed by atoms with Crippen molar-refractivity contribution in [2.75, 3.05) is 6.61 Å². The molecule has 20 heavy (non-hydrogen) atoms. The summed E-state index contributed by atoms with van der Waals surface area (Å²) in [4.78, 5) is 16.2. The van der Waals surface area contributed by atoms with Crippen LogP contribution in [0.3, 0.4) is 0 Å². The molecule has 1 atom stereocenters. The molecule has 1 unspecified atom stereocenters. The van der Waals surface area contributed by atoms with Crippen LogP contribution in [0.15, 0.2) is 34.1 Å². The number of aromatic nitrogens is 1. The standard InChI is InChI=1S/C14H15BrN2O2S/c1-9(7-18)16-13(19)6-12-8-20-14(17-12)10-3-2-4-11(15)5-10/h2-5,8-9,18H,6-7H2,1H3,(H,16,19). The Morgan fingerprint density at radius 3 is 3.05 bits per heavy atom. The minimum absolute atomic E-state index is 0.0634. The molecular weight excluding hydrogens is 340 g/mol. The molecular formula is C14H15BrN2O2S. The van der Waals surface area contributed by atoms with Crippen LogP contribution in [-0.2, 0) is 11.2 Å². The van der Waals surface area contributed by atoms with Crippen molar-refractivity contribution >= 4 is 33.2 Å². The molecule has 0 aliphatic carbocycles. The molecule has 2 N–H and O–H groups in total. The zero-order valence-electron chi connectivity index (χ0n) is 11.0.